The van der Waals surface area contributed by atoms with Gasteiger partial charge in [0.2, 0.25) is 0 Å². The topological polar surface area (TPSA) is 6.48 Å². The normalized spacial score (nSPS) is 28.2. The van der Waals surface area contributed by atoms with Gasteiger partial charge in [-0.2, -0.15) is 0 Å². The van der Waals surface area contributed by atoms with Crippen LogP contribution >= 0.6 is 12.7 Å². The van der Waals surface area contributed by atoms with Crippen LogP contribution in [0.5, 0.6) is 0 Å². The quantitative estimate of drug-likeness (QED) is 0.306. The molecule has 4 heteroatoms. The van der Waals surface area contributed by atoms with E-state index in [1.165, 1.54) is 38.5 Å². The average molecular weight is 532 g/mol. The predicted octanol–water partition coefficient (Wildman–Crippen LogP) is 6.43. The number of nitrogens with zero attached hydrogens (tertiary/aromatic N) is 2. The summed E-state index contributed by atoms with van der Waals surface area (Å²) in [6.07, 6.45) is 7.81. The van der Waals surface area contributed by atoms with Crippen molar-refractivity contribution in [2.45, 2.75) is 127 Å². The van der Waals surface area contributed by atoms with Gasteiger partial charge in [-0.3, -0.25) is 0 Å². The minimum atomic E-state index is -3.20. The van der Waals surface area contributed by atoms with Gasteiger partial charge in [0.25, 0.3) is 0 Å². The van der Waals surface area contributed by atoms with Gasteiger partial charge in [-0.15, -0.1) is 0 Å². The van der Waals surface area contributed by atoms with Crippen LogP contribution in [0, 0.1) is 11.8 Å². The Labute approximate surface area is 174 Å². The van der Waals surface area contributed by atoms with Crippen molar-refractivity contribution in [1.29, 1.82) is 0 Å². The van der Waals surface area contributed by atoms with E-state index >= 15 is 0 Å². The van der Waals surface area contributed by atoms with Crippen molar-refractivity contribution in [3.8, 4) is 11.8 Å². The Morgan fingerprint density at radius 3 is 1.31 bits per heavy atom. The molecule has 0 aromatic heterocycles. The summed E-state index contributed by atoms with van der Waals surface area (Å²) in [5.41, 5.74) is 0.890. The Balaban J connectivity index is 2.68. The third-order valence-electron chi connectivity index (χ3n) is 6.75. The fourth-order valence-corrected chi connectivity index (χ4v) is 34.6. The predicted molar refractivity (Wildman–Crippen MR) is 121 cm³/mol. The molecule has 0 amide bonds. The zero-order valence-electron chi connectivity index (χ0n) is 18.7. The number of piperidine rings is 2. The van der Waals surface area contributed by atoms with Gasteiger partial charge in [0.05, 0.1) is 0 Å². The molecule has 0 N–H and O–H groups in total. The molecule has 150 valence electrons. The van der Waals surface area contributed by atoms with Gasteiger partial charge in [-0.25, -0.2) is 0 Å². The molecule has 0 unspecified atom stereocenters. The molecule has 0 spiro atoms. The van der Waals surface area contributed by atoms with Crippen molar-refractivity contribution in [1.82, 2.24) is 6.24 Å². The average Bonchev–Trinajstić information content (AvgIpc) is 2.40. The van der Waals surface area contributed by atoms with Gasteiger partial charge in [0, 0.05) is 0 Å². The fraction of sp³-hybridized carbons (Fsp3) is 0.909. The zero-order valence-corrected chi connectivity index (χ0v) is 23.2. The standard InChI is InChI=1S/2C9H18N.C4H5.BrH.Sn/c2*1-8(2)6-5-7-9(3,4)10-8;1-3-4-2;;/h2*5-7H2,1-4H3;1H2,2H3;1H;/q2*-1;;;+3/p-1. The van der Waals surface area contributed by atoms with E-state index < -0.39 is 16.7 Å². The van der Waals surface area contributed by atoms with Crippen molar-refractivity contribution in [3.63, 3.8) is 0 Å². The van der Waals surface area contributed by atoms with Crippen molar-refractivity contribution >= 4 is 29.4 Å². The molecule has 2 fully saturated rings. The Morgan fingerprint density at radius 1 is 0.731 bits per heavy atom. The molecule has 0 aliphatic carbocycles. The van der Waals surface area contributed by atoms with Crippen LogP contribution in [-0.4, -0.2) is 45.1 Å². The molecule has 2 heterocycles. The molecule has 0 aromatic rings. The van der Waals surface area contributed by atoms with Gasteiger partial charge in [-0.1, -0.05) is 0 Å². The van der Waals surface area contributed by atoms with Crippen molar-refractivity contribution < 1.29 is 0 Å². The van der Waals surface area contributed by atoms with Gasteiger partial charge >= 0.3 is 175 Å². The van der Waals surface area contributed by atoms with Gasteiger partial charge in [-0.05, 0) is 0 Å². The molecule has 2 aliphatic rings. The van der Waals surface area contributed by atoms with E-state index in [4.69, 9.17) is 0 Å². The van der Waals surface area contributed by atoms with E-state index in [-0.39, 0.29) is 22.2 Å². The van der Waals surface area contributed by atoms with Gasteiger partial charge in [0.15, 0.2) is 0 Å². The SMILES string of the molecule is CC#C[CH2][Sn]([Br])([N]1C(C)(C)CCCC1(C)C)[N]1C(C)(C)CCCC1(C)C. The third-order valence-corrected chi connectivity index (χ3v) is 26.0. The summed E-state index contributed by atoms with van der Waals surface area (Å²) in [7, 11) is 0. The molecule has 2 rings (SSSR count). The fourth-order valence-electron chi connectivity index (χ4n) is 6.31. The summed E-state index contributed by atoms with van der Waals surface area (Å²) in [5.74, 6) is 6.78. The Morgan fingerprint density at radius 2 is 1.04 bits per heavy atom. The molecular formula is C22H41BrN2Sn. The van der Waals surface area contributed by atoms with Gasteiger partial charge in [0.1, 0.15) is 0 Å². The second-order valence-electron chi connectivity index (χ2n) is 11.0. The van der Waals surface area contributed by atoms with Gasteiger partial charge < -0.3 is 0 Å². The zero-order chi connectivity index (χ0) is 20.0. The number of rotatable bonds is 3. The van der Waals surface area contributed by atoms with E-state index in [0.29, 0.717) is 0 Å². The summed E-state index contributed by atoms with van der Waals surface area (Å²) in [6, 6.07) is 0. The van der Waals surface area contributed by atoms with E-state index in [2.05, 4.69) is 86.2 Å². The first-order valence-corrected chi connectivity index (χ1v) is 21.4. The number of halogens is 1. The summed E-state index contributed by atoms with van der Waals surface area (Å²) in [6.45, 7) is 21.8. The minimum absolute atomic E-state index is 0.223. The second kappa shape index (κ2) is 7.54. The van der Waals surface area contributed by atoms with Crippen LogP contribution in [0.3, 0.4) is 0 Å². The van der Waals surface area contributed by atoms with E-state index in [1.54, 1.807) is 0 Å². The summed E-state index contributed by atoms with van der Waals surface area (Å²) in [5, 5.41) is 0. The molecule has 2 saturated heterocycles. The molecule has 0 atom stereocenters. The van der Waals surface area contributed by atoms with Crippen LogP contribution in [0.25, 0.3) is 0 Å². The monoisotopic (exact) mass is 532 g/mol. The van der Waals surface area contributed by atoms with Crippen LogP contribution < -0.4 is 0 Å². The van der Waals surface area contributed by atoms with Crippen LogP contribution in [-0.2, 0) is 0 Å². The van der Waals surface area contributed by atoms with Crippen LogP contribution in [0.4, 0.5) is 0 Å². The van der Waals surface area contributed by atoms with Crippen molar-refractivity contribution in [2.75, 3.05) is 0 Å². The first-order valence-electron chi connectivity index (χ1n) is 10.4. The number of hydrogen-bond donors (Lipinski definition) is 0. The Hall–Kier alpha value is 0.759. The Bertz CT molecular complexity index is 513. The number of hydrogen-bond acceptors (Lipinski definition) is 2. The maximum absolute atomic E-state index is 4.57. The van der Waals surface area contributed by atoms with Crippen molar-refractivity contribution in [3.05, 3.63) is 0 Å². The van der Waals surface area contributed by atoms with E-state index in [9.17, 15) is 0 Å². The molecule has 2 aliphatic heterocycles. The van der Waals surface area contributed by atoms with Crippen LogP contribution in [0.15, 0.2) is 0 Å². The molecule has 2 nitrogen and oxygen atoms in total. The molecule has 0 saturated carbocycles. The second-order valence-corrected chi connectivity index (χ2v) is 27.1. The van der Waals surface area contributed by atoms with E-state index in [1.807, 2.05) is 6.92 Å². The summed E-state index contributed by atoms with van der Waals surface area (Å²) < 4.78 is 7.00. The molecule has 0 radical (unpaired) electrons. The summed E-state index contributed by atoms with van der Waals surface area (Å²) in [4.78, 5) is 0. The Kier molecular flexibility index (Phi) is 6.68. The first-order chi connectivity index (χ1) is 11.7. The summed E-state index contributed by atoms with van der Waals surface area (Å²) >= 11 is 1.37. The van der Waals surface area contributed by atoms with E-state index in [0.717, 1.165) is 4.44 Å². The molecule has 0 aromatic carbocycles. The first kappa shape index (κ1) is 23.0. The third kappa shape index (κ3) is 4.19. The molecular weight excluding hydrogens is 491 g/mol. The maximum atomic E-state index is 4.57. The van der Waals surface area contributed by atoms with Crippen molar-refractivity contribution in [2.24, 2.45) is 0 Å². The molecule has 0 bridgehead atoms. The molecule has 26 heavy (non-hydrogen) atoms. The van der Waals surface area contributed by atoms with Crippen LogP contribution in [0.1, 0.15) is 101 Å². The van der Waals surface area contributed by atoms with Crippen LogP contribution in [0.2, 0.25) is 4.44 Å².